The van der Waals surface area contributed by atoms with Crippen molar-refractivity contribution in [2.24, 2.45) is 0 Å². The van der Waals surface area contributed by atoms with Crippen LogP contribution in [-0.2, 0) is 0 Å². The van der Waals surface area contributed by atoms with Gasteiger partial charge in [0.25, 0.3) is 0 Å². The number of nitrogens with one attached hydrogen (secondary N) is 1. The molecule has 1 fully saturated rings. The maximum Gasteiger partial charge on any atom is 0.178 e. The molecule has 20 heavy (non-hydrogen) atoms. The lowest BCUT2D eigenvalue weighted by Crippen LogP contribution is -2.34. The van der Waals surface area contributed by atoms with E-state index in [0.717, 1.165) is 27.4 Å². The molecule has 0 bridgehead atoms. The van der Waals surface area contributed by atoms with Gasteiger partial charge in [-0.3, -0.25) is 0 Å². The van der Waals surface area contributed by atoms with Gasteiger partial charge in [0.1, 0.15) is 0 Å². The van der Waals surface area contributed by atoms with Gasteiger partial charge in [0.05, 0.1) is 11.0 Å². The molecule has 1 aliphatic rings. The van der Waals surface area contributed by atoms with Crippen molar-refractivity contribution in [1.82, 2.24) is 14.5 Å². The van der Waals surface area contributed by atoms with Crippen molar-refractivity contribution >= 4 is 34.9 Å². The number of fused-ring (bicyclic) bond motifs is 1. The Morgan fingerprint density at radius 3 is 2.80 bits per heavy atom. The molecule has 108 valence electrons. The number of likely N-dealkylation sites (tertiary alicyclic amines) is 1. The zero-order valence-corrected chi connectivity index (χ0v) is 13.3. The normalized spacial score (nSPS) is 18.5. The Hall–Kier alpha value is -0.840. The fourth-order valence-corrected chi connectivity index (χ4v) is 3.70. The number of halogens is 1. The number of H-pyrrole nitrogens is 1. The summed E-state index contributed by atoms with van der Waals surface area (Å²) in [4.78, 5) is 5.81. The standard InChI is InChI=1S/C15H20ClN3S/c1-11(10-18-7-3-2-4-8-18)19-14-6-5-12(16)9-13(14)17-15(19)20/h5-6,9,11H,2-4,7-8,10H2,1H3,(H,17,20). The van der Waals surface area contributed by atoms with Crippen molar-refractivity contribution < 1.29 is 0 Å². The first-order valence-corrected chi connectivity index (χ1v) is 8.06. The number of benzene rings is 1. The third-order valence-corrected chi connectivity index (χ3v) is 4.62. The van der Waals surface area contributed by atoms with Gasteiger partial charge >= 0.3 is 0 Å². The molecule has 3 nitrogen and oxygen atoms in total. The number of hydrogen-bond acceptors (Lipinski definition) is 2. The van der Waals surface area contributed by atoms with E-state index >= 15 is 0 Å². The van der Waals surface area contributed by atoms with Gasteiger partial charge in [0.15, 0.2) is 4.77 Å². The molecule has 1 N–H and O–H groups in total. The quantitative estimate of drug-likeness (QED) is 0.850. The first-order chi connectivity index (χ1) is 9.65. The summed E-state index contributed by atoms with van der Waals surface area (Å²) in [5.41, 5.74) is 2.16. The molecule has 0 aliphatic carbocycles. The Balaban J connectivity index is 1.88. The predicted octanol–water partition coefficient (Wildman–Crippen LogP) is 4.40. The van der Waals surface area contributed by atoms with Crippen molar-refractivity contribution in [1.29, 1.82) is 0 Å². The first kappa shape index (κ1) is 14.1. The minimum absolute atomic E-state index is 0.371. The molecule has 5 heteroatoms. The molecule has 1 aromatic carbocycles. The summed E-state index contributed by atoms with van der Waals surface area (Å²) in [6.07, 6.45) is 4.01. The molecule has 2 heterocycles. The van der Waals surface area contributed by atoms with Crippen molar-refractivity contribution in [3.05, 3.63) is 28.0 Å². The van der Waals surface area contributed by atoms with E-state index in [1.165, 1.54) is 32.4 Å². The maximum absolute atomic E-state index is 6.04. The SMILES string of the molecule is CC(CN1CCCCC1)n1c(=S)[nH]c2cc(Cl)ccc21. The van der Waals surface area contributed by atoms with Gasteiger partial charge in [-0.15, -0.1) is 0 Å². The van der Waals surface area contributed by atoms with Crippen LogP contribution >= 0.6 is 23.8 Å². The zero-order chi connectivity index (χ0) is 14.1. The van der Waals surface area contributed by atoms with Gasteiger partial charge in [-0.1, -0.05) is 18.0 Å². The van der Waals surface area contributed by atoms with Crippen molar-refractivity contribution in [3.63, 3.8) is 0 Å². The van der Waals surface area contributed by atoms with E-state index in [2.05, 4.69) is 27.4 Å². The average Bonchev–Trinajstić information content (AvgIpc) is 2.74. The van der Waals surface area contributed by atoms with Crippen LogP contribution in [0.1, 0.15) is 32.2 Å². The summed E-state index contributed by atoms with van der Waals surface area (Å²) < 4.78 is 3.00. The highest BCUT2D eigenvalue weighted by Crippen LogP contribution is 2.23. The minimum Gasteiger partial charge on any atom is -0.331 e. The molecule has 0 saturated carbocycles. The number of imidazole rings is 1. The highest BCUT2D eigenvalue weighted by Gasteiger charge is 2.17. The number of hydrogen-bond donors (Lipinski definition) is 1. The Labute approximate surface area is 129 Å². The Morgan fingerprint density at radius 1 is 1.30 bits per heavy atom. The smallest absolute Gasteiger partial charge is 0.178 e. The Bertz CT molecular complexity index is 655. The Kier molecular flexibility index (Phi) is 4.15. The Morgan fingerprint density at radius 2 is 2.05 bits per heavy atom. The highest BCUT2D eigenvalue weighted by atomic mass is 35.5. The lowest BCUT2D eigenvalue weighted by Gasteiger charge is -2.29. The van der Waals surface area contributed by atoms with Crippen LogP contribution in [0.2, 0.25) is 5.02 Å². The van der Waals surface area contributed by atoms with Crippen LogP contribution in [-0.4, -0.2) is 34.1 Å². The second-order valence-corrected chi connectivity index (χ2v) is 6.50. The van der Waals surface area contributed by atoms with E-state index in [4.69, 9.17) is 23.8 Å². The van der Waals surface area contributed by atoms with E-state index in [0.29, 0.717) is 6.04 Å². The van der Waals surface area contributed by atoms with Gasteiger partial charge in [-0.2, -0.15) is 0 Å². The molecule has 3 rings (SSSR count). The molecule has 1 unspecified atom stereocenters. The van der Waals surface area contributed by atoms with Crippen molar-refractivity contribution in [2.75, 3.05) is 19.6 Å². The van der Waals surface area contributed by atoms with Crippen LogP contribution in [0.5, 0.6) is 0 Å². The van der Waals surface area contributed by atoms with Crippen LogP contribution in [0.4, 0.5) is 0 Å². The molecule has 0 radical (unpaired) electrons. The second-order valence-electron chi connectivity index (χ2n) is 5.67. The lowest BCUT2D eigenvalue weighted by atomic mass is 10.1. The van der Waals surface area contributed by atoms with Crippen LogP contribution in [0.25, 0.3) is 11.0 Å². The lowest BCUT2D eigenvalue weighted by molar-refractivity contribution is 0.202. The summed E-state index contributed by atoms with van der Waals surface area (Å²) in [5, 5.41) is 0.740. The number of piperidine rings is 1. The van der Waals surface area contributed by atoms with Gasteiger partial charge in [0.2, 0.25) is 0 Å². The maximum atomic E-state index is 6.04. The monoisotopic (exact) mass is 309 g/mol. The van der Waals surface area contributed by atoms with Gasteiger partial charge in [-0.05, 0) is 63.3 Å². The highest BCUT2D eigenvalue weighted by molar-refractivity contribution is 7.71. The molecule has 0 amide bonds. The van der Waals surface area contributed by atoms with E-state index in [1.54, 1.807) is 0 Å². The molecule has 2 aromatic rings. The largest absolute Gasteiger partial charge is 0.331 e. The van der Waals surface area contributed by atoms with Crippen LogP contribution < -0.4 is 0 Å². The first-order valence-electron chi connectivity index (χ1n) is 7.27. The fourth-order valence-electron chi connectivity index (χ4n) is 3.14. The second kappa shape index (κ2) is 5.88. The number of aromatic amines is 1. The number of nitrogens with zero attached hydrogens (tertiary/aromatic N) is 2. The molecule has 1 atom stereocenters. The van der Waals surface area contributed by atoms with Crippen LogP contribution in [0.15, 0.2) is 18.2 Å². The van der Waals surface area contributed by atoms with Crippen LogP contribution in [0, 0.1) is 4.77 Å². The molecular weight excluding hydrogens is 290 g/mol. The molecule has 1 aromatic heterocycles. The minimum atomic E-state index is 0.371. The van der Waals surface area contributed by atoms with E-state index < -0.39 is 0 Å². The van der Waals surface area contributed by atoms with Crippen molar-refractivity contribution in [3.8, 4) is 0 Å². The predicted molar refractivity (Wildman–Crippen MR) is 87.1 cm³/mol. The molecule has 0 spiro atoms. The average molecular weight is 310 g/mol. The summed E-state index contributed by atoms with van der Waals surface area (Å²) in [7, 11) is 0. The number of rotatable bonds is 3. The summed E-state index contributed by atoms with van der Waals surface area (Å²) in [6, 6.07) is 6.29. The van der Waals surface area contributed by atoms with E-state index in [9.17, 15) is 0 Å². The van der Waals surface area contributed by atoms with Crippen LogP contribution in [0.3, 0.4) is 0 Å². The zero-order valence-electron chi connectivity index (χ0n) is 11.7. The topological polar surface area (TPSA) is 24.0 Å². The summed E-state index contributed by atoms with van der Waals surface area (Å²) >= 11 is 11.5. The third-order valence-electron chi connectivity index (χ3n) is 4.09. The molecule has 1 aliphatic heterocycles. The molecular formula is C15H20ClN3S. The van der Waals surface area contributed by atoms with E-state index in [1.807, 2.05) is 12.1 Å². The van der Waals surface area contributed by atoms with Gasteiger partial charge in [-0.25, -0.2) is 0 Å². The molecule has 1 saturated heterocycles. The third kappa shape index (κ3) is 2.78. The fraction of sp³-hybridized carbons (Fsp3) is 0.533. The van der Waals surface area contributed by atoms with Crippen molar-refractivity contribution in [2.45, 2.75) is 32.2 Å². The summed E-state index contributed by atoms with van der Waals surface area (Å²) in [6.45, 7) is 5.73. The van der Waals surface area contributed by atoms with Gasteiger partial charge < -0.3 is 14.5 Å². The van der Waals surface area contributed by atoms with E-state index in [-0.39, 0.29) is 0 Å². The summed E-state index contributed by atoms with van der Waals surface area (Å²) in [5.74, 6) is 0. The number of aromatic nitrogens is 2. The van der Waals surface area contributed by atoms with Gasteiger partial charge in [0, 0.05) is 17.6 Å².